The van der Waals surface area contributed by atoms with Crippen LogP contribution in [0.4, 0.5) is 4.79 Å². The van der Waals surface area contributed by atoms with Crippen molar-refractivity contribution in [1.82, 2.24) is 10.7 Å². The van der Waals surface area contributed by atoms with Crippen LogP contribution in [0.25, 0.3) is 0 Å². The lowest BCUT2D eigenvalue weighted by molar-refractivity contribution is -0.121. The average molecular weight is 425 g/mol. The summed E-state index contributed by atoms with van der Waals surface area (Å²) in [7, 11) is 1.45. The number of nitrogens with zero attached hydrogens (tertiary/aromatic N) is 1. The third kappa shape index (κ3) is 7.18. The van der Waals surface area contributed by atoms with Crippen molar-refractivity contribution >= 4 is 18.2 Å². The van der Waals surface area contributed by atoms with Crippen molar-refractivity contribution in [1.29, 1.82) is 0 Å². The van der Waals surface area contributed by atoms with Crippen molar-refractivity contribution in [3.63, 3.8) is 0 Å². The van der Waals surface area contributed by atoms with Crippen LogP contribution < -0.4 is 15.5 Å². The quantitative estimate of drug-likeness (QED) is 0.307. The highest BCUT2D eigenvalue weighted by atomic mass is 16.5. The molecule has 0 radical (unpaired) electrons. The number of phenolic OH excluding ortho intramolecular Hbond substituents is 1. The first-order valence-electron chi connectivity index (χ1n) is 9.79. The number of allylic oxidation sites excluding steroid dienone is 1. The minimum Gasteiger partial charge on any atom is -0.504 e. The predicted molar refractivity (Wildman–Crippen MR) is 118 cm³/mol. The number of hydrazone groups is 1. The molecule has 2 aromatic carbocycles. The van der Waals surface area contributed by atoms with Crippen molar-refractivity contribution in [3.8, 4) is 11.5 Å². The van der Waals surface area contributed by atoms with E-state index in [1.807, 2.05) is 30.3 Å². The summed E-state index contributed by atoms with van der Waals surface area (Å²) in [6.07, 6.45) is 2.94. The largest absolute Gasteiger partial charge is 0.504 e. The Morgan fingerprint density at radius 2 is 2.00 bits per heavy atom. The van der Waals surface area contributed by atoms with Gasteiger partial charge in [0.05, 0.1) is 32.4 Å². The van der Waals surface area contributed by atoms with E-state index in [1.165, 1.54) is 13.3 Å². The van der Waals surface area contributed by atoms with Gasteiger partial charge in [0.1, 0.15) is 0 Å². The van der Waals surface area contributed by atoms with Crippen LogP contribution >= 0.6 is 0 Å². The van der Waals surface area contributed by atoms with Gasteiger partial charge in [-0.25, -0.2) is 10.2 Å². The molecule has 1 atom stereocenters. The molecule has 8 heteroatoms. The monoisotopic (exact) mass is 425 g/mol. The van der Waals surface area contributed by atoms with E-state index < -0.39 is 12.1 Å². The van der Waals surface area contributed by atoms with Gasteiger partial charge < -0.3 is 19.9 Å². The third-order valence-corrected chi connectivity index (χ3v) is 4.32. The van der Waals surface area contributed by atoms with Crippen molar-refractivity contribution in [3.05, 3.63) is 71.8 Å². The standard InChI is InChI=1S/C23H27N3O5/c1-4-9-18-12-16(13-20(30-3)22(18)28)15-24-26-21(27)14-19(25-23(29)31-5-2)17-10-7-6-8-11-17/h4,6-8,10-13,15,19,28H,1,5,9,14H2,2-3H3,(H,25,29)(H,26,27)/b24-15-/t19-/m1/s1. The van der Waals surface area contributed by atoms with Crippen LogP contribution in [0.15, 0.2) is 60.2 Å². The van der Waals surface area contributed by atoms with Crippen molar-refractivity contribution in [2.24, 2.45) is 5.10 Å². The van der Waals surface area contributed by atoms with Gasteiger partial charge in [0.2, 0.25) is 5.91 Å². The number of nitrogens with one attached hydrogen (secondary N) is 2. The van der Waals surface area contributed by atoms with Crippen LogP contribution in [0, 0.1) is 0 Å². The highest BCUT2D eigenvalue weighted by Gasteiger charge is 2.18. The molecule has 3 N–H and O–H groups in total. The van der Waals surface area contributed by atoms with E-state index >= 15 is 0 Å². The Bertz CT molecular complexity index is 928. The lowest BCUT2D eigenvalue weighted by Gasteiger charge is -2.18. The first-order chi connectivity index (χ1) is 15.0. The van der Waals surface area contributed by atoms with Gasteiger partial charge >= 0.3 is 6.09 Å². The van der Waals surface area contributed by atoms with E-state index in [0.29, 0.717) is 23.3 Å². The SMILES string of the molecule is C=CCc1cc(/C=N\NC(=O)C[C@@H](NC(=O)OCC)c2ccccc2)cc(OC)c1O. The number of methoxy groups -OCH3 is 1. The van der Waals surface area contributed by atoms with Crippen molar-refractivity contribution in [2.75, 3.05) is 13.7 Å². The fraction of sp³-hybridized carbons (Fsp3) is 0.261. The molecule has 0 saturated carbocycles. The van der Waals surface area contributed by atoms with Gasteiger partial charge in [0.25, 0.3) is 0 Å². The molecule has 0 unspecified atom stereocenters. The van der Waals surface area contributed by atoms with Crippen LogP contribution in [-0.4, -0.2) is 37.0 Å². The number of amides is 2. The van der Waals surface area contributed by atoms with Crippen molar-refractivity contribution < 1.29 is 24.2 Å². The number of carbonyl (C=O) groups is 2. The van der Waals surface area contributed by atoms with E-state index in [4.69, 9.17) is 9.47 Å². The summed E-state index contributed by atoms with van der Waals surface area (Å²) in [5, 5.41) is 16.8. The normalized spacial score (nSPS) is 11.5. The first-order valence-corrected chi connectivity index (χ1v) is 9.79. The van der Waals surface area contributed by atoms with Crippen LogP contribution in [0.3, 0.4) is 0 Å². The maximum Gasteiger partial charge on any atom is 0.407 e. The zero-order valence-corrected chi connectivity index (χ0v) is 17.6. The molecule has 0 bridgehead atoms. The molecule has 0 aliphatic rings. The Morgan fingerprint density at radius 1 is 1.26 bits per heavy atom. The molecule has 2 amide bonds. The summed E-state index contributed by atoms with van der Waals surface area (Å²) in [6.45, 7) is 5.61. The van der Waals surface area contributed by atoms with Gasteiger partial charge in [0.15, 0.2) is 11.5 Å². The zero-order valence-electron chi connectivity index (χ0n) is 17.6. The Balaban J connectivity index is 2.07. The van der Waals surface area contributed by atoms with Crippen LogP contribution in [0.5, 0.6) is 11.5 Å². The van der Waals surface area contributed by atoms with E-state index in [-0.39, 0.29) is 24.7 Å². The minimum atomic E-state index is -0.599. The molecule has 2 rings (SSSR count). The van der Waals surface area contributed by atoms with E-state index in [0.717, 1.165) is 5.56 Å². The second-order valence-electron chi connectivity index (χ2n) is 6.55. The molecular formula is C23H27N3O5. The lowest BCUT2D eigenvalue weighted by atomic mass is 10.0. The van der Waals surface area contributed by atoms with Gasteiger partial charge in [-0.1, -0.05) is 36.4 Å². The van der Waals surface area contributed by atoms with E-state index in [1.54, 1.807) is 25.1 Å². The Kier molecular flexibility index (Phi) is 9.10. The maximum absolute atomic E-state index is 12.4. The Hall–Kier alpha value is -3.81. The van der Waals surface area contributed by atoms with Gasteiger partial charge in [-0.05, 0) is 36.6 Å². The summed E-state index contributed by atoms with van der Waals surface area (Å²) in [4.78, 5) is 24.3. The molecule has 164 valence electrons. The molecule has 0 saturated heterocycles. The molecule has 0 aromatic heterocycles. The number of rotatable bonds is 10. The zero-order chi connectivity index (χ0) is 22.6. The van der Waals surface area contributed by atoms with Crippen molar-refractivity contribution in [2.45, 2.75) is 25.8 Å². The number of benzene rings is 2. The highest BCUT2D eigenvalue weighted by Crippen LogP contribution is 2.31. The smallest absolute Gasteiger partial charge is 0.407 e. The first kappa shape index (κ1) is 23.5. The molecule has 8 nitrogen and oxygen atoms in total. The van der Waals surface area contributed by atoms with Gasteiger partial charge in [-0.3, -0.25) is 4.79 Å². The summed E-state index contributed by atoms with van der Waals surface area (Å²) in [6, 6.07) is 11.9. The fourth-order valence-corrected chi connectivity index (χ4v) is 2.89. The summed E-state index contributed by atoms with van der Waals surface area (Å²) >= 11 is 0. The second-order valence-corrected chi connectivity index (χ2v) is 6.55. The molecule has 0 heterocycles. The average Bonchev–Trinajstić information content (AvgIpc) is 2.76. The Morgan fingerprint density at radius 3 is 2.65 bits per heavy atom. The lowest BCUT2D eigenvalue weighted by Crippen LogP contribution is -2.33. The highest BCUT2D eigenvalue weighted by molar-refractivity contribution is 5.84. The van der Waals surface area contributed by atoms with E-state index in [9.17, 15) is 14.7 Å². The predicted octanol–water partition coefficient (Wildman–Crippen LogP) is 3.46. The number of carbonyl (C=O) groups excluding carboxylic acids is 2. The van der Waals surface area contributed by atoms with Crippen LogP contribution in [-0.2, 0) is 16.0 Å². The maximum atomic E-state index is 12.4. The molecular weight excluding hydrogens is 398 g/mol. The second kappa shape index (κ2) is 12.0. The minimum absolute atomic E-state index is 0.0270. The molecule has 0 fully saturated rings. The van der Waals surface area contributed by atoms with Gasteiger partial charge in [0, 0.05) is 5.56 Å². The third-order valence-electron chi connectivity index (χ3n) is 4.32. The van der Waals surface area contributed by atoms with Gasteiger partial charge in [-0.15, -0.1) is 6.58 Å². The number of hydrogen-bond donors (Lipinski definition) is 3. The molecule has 31 heavy (non-hydrogen) atoms. The summed E-state index contributed by atoms with van der Waals surface area (Å²) in [5.41, 5.74) is 4.49. The molecule has 0 spiro atoms. The van der Waals surface area contributed by atoms with E-state index in [2.05, 4.69) is 22.4 Å². The van der Waals surface area contributed by atoms with Gasteiger partial charge in [-0.2, -0.15) is 5.10 Å². The molecule has 2 aromatic rings. The summed E-state index contributed by atoms with van der Waals surface area (Å²) < 4.78 is 10.1. The number of hydrogen-bond acceptors (Lipinski definition) is 6. The Labute approximate surface area is 181 Å². The summed E-state index contributed by atoms with van der Waals surface area (Å²) in [5.74, 6) is -0.0480. The molecule has 0 aliphatic carbocycles. The topological polar surface area (TPSA) is 109 Å². The number of ether oxygens (including phenoxy) is 2. The number of phenols is 1. The number of aromatic hydroxyl groups is 1. The van der Waals surface area contributed by atoms with Crippen LogP contribution in [0.1, 0.15) is 36.1 Å². The number of alkyl carbamates (subject to hydrolysis) is 1. The fourth-order valence-electron chi connectivity index (χ4n) is 2.89. The van der Waals surface area contributed by atoms with Crippen LogP contribution in [0.2, 0.25) is 0 Å². The molecule has 0 aliphatic heterocycles.